The number of non-ortho nitro benzene ring substituents is 1. The Morgan fingerprint density at radius 2 is 1.81 bits per heavy atom. The number of amides is 4. The van der Waals surface area contributed by atoms with Crippen molar-refractivity contribution in [2.24, 2.45) is 0 Å². The zero-order valence-electron chi connectivity index (χ0n) is 19.1. The second kappa shape index (κ2) is 10.7. The van der Waals surface area contributed by atoms with Gasteiger partial charge < -0.3 is 9.47 Å². The van der Waals surface area contributed by atoms with Crippen molar-refractivity contribution in [3.63, 3.8) is 0 Å². The van der Waals surface area contributed by atoms with Gasteiger partial charge in [-0.05, 0) is 76.2 Å². The lowest BCUT2D eigenvalue weighted by molar-refractivity contribution is -0.384. The molecule has 1 N–H and O–H groups in total. The normalized spacial score (nSPS) is 14.5. The molecular formula is C25H17FIN3O7. The highest BCUT2D eigenvalue weighted by Gasteiger charge is 2.38. The summed E-state index contributed by atoms with van der Waals surface area (Å²) in [6.45, 7) is 0.103. The SMILES string of the molecule is COc1cc(/C=C2/C(=O)NC(=O)N(c3ccccc3F)C2=O)cc(I)c1OCc1ccc([N+](=O)[O-])cc1. The lowest BCUT2D eigenvalue weighted by atomic mass is 10.1. The molecule has 0 radical (unpaired) electrons. The van der Waals surface area contributed by atoms with Crippen LogP contribution in [0.2, 0.25) is 0 Å². The molecule has 0 unspecified atom stereocenters. The molecule has 4 amide bonds. The van der Waals surface area contributed by atoms with Crippen molar-refractivity contribution < 1.29 is 33.2 Å². The van der Waals surface area contributed by atoms with Gasteiger partial charge in [-0.25, -0.2) is 14.1 Å². The van der Waals surface area contributed by atoms with Gasteiger partial charge in [0.2, 0.25) is 0 Å². The highest BCUT2D eigenvalue weighted by molar-refractivity contribution is 14.1. The Kier molecular flexibility index (Phi) is 7.47. The van der Waals surface area contributed by atoms with E-state index in [0.29, 0.717) is 31.1 Å². The van der Waals surface area contributed by atoms with Gasteiger partial charge in [-0.1, -0.05) is 12.1 Å². The third-order valence-corrected chi connectivity index (χ3v) is 6.09. The van der Waals surface area contributed by atoms with E-state index in [2.05, 4.69) is 5.32 Å². The van der Waals surface area contributed by atoms with E-state index in [4.69, 9.17) is 9.47 Å². The van der Waals surface area contributed by atoms with E-state index >= 15 is 0 Å². The topological polar surface area (TPSA) is 128 Å². The molecule has 1 aliphatic rings. The predicted molar refractivity (Wildman–Crippen MR) is 139 cm³/mol. The fraction of sp³-hybridized carbons (Fsp3) is 0.0800. The van der Waals surface area contributed by atoms with Gasteiger partial charge >= 0.3 is 6.03 Å². The van der Waals surface area contributed by atoms with Gasteiger partial charge in [-0.15, -0.1) is 0 Å². The number of hydrogen-bond donors (Lipinski definition) is 1. The Hall–Kier alpha value is -4.33. The van der Waals surface area contributed by atoms with E-state index in [-0.39, 0.29) is 23.6 Å². The minimum atomic E-state index is -1.06. The van der Waals surface area contributed by atoms with Crippen LogP contribution in [0.1, 0.15) is 11.1 Å². The molecule has 4 rings (SSSR count). The lowest BCUT2D eigenvalue weighted by Gasteiger charge is -2.26. The van der Waals surface area contributed by atoms with E-state index < -0.39 is 28.6 Å². The number of hydrogen-bond acceptors (Lipinski definition) is 7. The molecule has 1 aliphatic heterocycles. The number of anilines is 1. The molecule has 0 bridgehead atoms. The number of para-hydroxylation sites is 1. The number of urea groups is 1. The fourth-order valence-electron chi connectivity index (χ4n) is 3.51. The highest BCUT2D eigenvalue weighted by Crippen LogP contribution is 2.36. The second-order valence-electron chi connectivity index (χ2n) is 7.66. The van der Waals surface area contributed by atoms with E-state index in [1.807, 2.05) is 22.6 Å². The summed E-state index contributed by atoms with van der Waals surface area (Å²) in [5, 5.41) is 12.9. The molecule has 3 aromatic rings. The number of benzene rings is 3. The molecule has 1 saturated heterocycles. The molecule has 37 heavy (non-hydrogen) atoms. The van der Waals surface area contributed by atoms with Crippen LogP contribution in [0.4, 0.5) is 20.6 Å². The molecule has 0 saturated carbocycles. The molecule has 0 spiro atoms. The van der Waals surface area contributed by atoms with Gasteiger partial charge in [0, 0.05) is 12.1 Å². The number of carbonyl (C=O) groups is 3. The number of carbonyl (C=O) groups excluding carboxylic acids is 3. The summed E-state index contributed by atoms with van der Waals surface area (Å²) in [4.78, 5) is 48.7. The van der Waals surface area contributed by atoms with Crippen molar-refractivity contribution in [2.75, 3.05) is 12.0 Å². The van der Waals surface area contributed by atoms with Crippen molar-refractivity contribution >= 4 is 57.9 Å². The van der Waals surface area contributed by atoms with Gasteiger partial charge in [0.25, 0.3) is 17.5 Å². The summed E-state index contributed by atoms with van der Waals surface area (Å²) in [6, 6.07) is 13.2. The van der Waals surface area contributed by atoms with Crippen LogP contribution >= 0.6 is 22.6 Å². The third kappa shape index (κ3) is 5.43. The smallest absolute Gasteiger partial charge is 0.336 e. The van der Waals surface area contributed by atoms with Gasteiger partial charge in [0.05, 0.1) is 21.3 Å². The number of halogens is 2. The lowest BCUT2D eigenvalue weighted by Crippen LogP contribution is -2.54. The van der Waals surface area contributed by atoms with Crippen LogP contribution in [0, 0.1) is 19.5 Å². The summed E-state index contributed by atoms with van der Waals surface area (Å²) in [5.74, 6) is -2.02. The van der Waals surface area contributed by atoms with Gasteiger partial charge in [-0.2, -0.15) is 0 Å². The first kappa shape index (κ1) is 25.8. The van der Waals surface area contributed by atoms with Crippen LogP contribution in [0.5, 0.6) is 11.5 Å². The highest BCUT2D eigenvalue weighted by atomic mass is 127. The molecular weight excluding hydrogens is 600 g/mol. The first-order chi connectivity index (χ1) is 17.7. The van der Waals surface area contributed by atoms with Crippen LogP contribution in [0.25, 0.3) is 6.08 Å². The third-order valence-electron chi connectivity index (χ3n) is 5.29. The zero-order chi connectivity index (χ0) is 26.7. The monoisotopic (exact) mass is 617 g/mol. The average Bonchev–Trinajstić information content (AvgIpc) is 2.87. The minimum Gasteiger partial charge on any atom is -0.493 e. The number of methoxy groups -OCH3 is 1. The van der Waals surface area contributed by atoms with E-state index in [9.17, 15) is 28.9 Å². The molecule has 1 heterocycles. The number of barbiturate groups is 1. The molecule has 10 nitrogen and oxygen atoms in total. The van der Waals surface area contributed by atoms with E-state index in [1.54, 1.807) is 18.2 Å². The molecule has 0 atom stereocenters. The van der Waals surface area contributed by atoms with Crippen molar-refractivity contribution in [3.05, 3.63) is 96.9 Å². The van der Waals surface area contributed by atoms with Crippen LogP contribution in [-0.2, 0) is 16.2 Å². The Balaban J connectivity index is 1.62. The number of rotatable bonds is 7. The molecule has 0 aromatic heterocycles. The summed E-state index contributed by atoms with van der Waals surface area (Å²) >= 11 is 1.99. The Morgan fingerprint density at radius 3 is 2.46 bits per heavy atom. The Labute approximate surface area is 223 Å². The van der Waals surface area contributed by atoms with Gasteiger partial charge in [-0.3, -0.25) is 25.0 Å². The fourth-order valence-corrected chi connectivity index (χ4v) is 4.29. The van der Waals surface area contributed by atoms with E-state index in [0.717, 1.165) is 6.07 Å². The summed E-state index contributed by atoms with van der Waals surface area (Å²) in [5.41, 5.74) is 0.387. The number of nitrogens with zero attached hydrogens (tertiary/aromatic N) is 2. The molecule has 3 aromatic carbocycles. The van der Waals surface area contributed by atoms with Crippen LogP contribution in [0.15, 0.2) is 66.2 Å². The van der Waals surface area contributed by atoms with Gasteiger partial charge in [0.15, 0.2) is 11.5 Å². The molecule has 0 aliphatic carbocycles. The van der Waals surface area contributed by atoms with E-state index in [1.165, 1.54) is 49.6 Å². The maximum atomic E-state index is 14.3. The summed E-state index contributed by atoms with van der Waals surface area (Å²) in [7, 11) is 1.41. The summed E-state index contributed by atoms with van der Waals surface area (Å²) < 4.78 is 26.2. The second-order valence-corrected chi connectivity index (χ2v) is 8.82. The Morgan fingerprint density at radius 1 is 1.11 bits per heavy atom. The number of ether oxygens (including phenoxy) is 2. The maximum Gasteiger partial charge on any atom is 0.336 e. The minimum absolute atomic E-state index is 0.0372. The van der Waals surface area contributed by atoms with Crippen molar-refractivity contribution in [1.82, 2.24) is 5.32 Å². The first-order valence-corrected chi connectivity index (χ1v) is 11.7. The largest absolute Gasteiger partial charge is 0.493 e. The number of nitro benzene ring substituents is 1. The number of imide groups is 2. The summed E-state index contributed by atoms with van der Waals surface area (Å²) in [6.07, 6.45) is 1.27. The number of nitrogens with one attached hydrogen (secondary N) is 1. The standard InChI is InChI=1S/C25H17FIN3O7/c1-36-21-12-15(11-19(27)22(21)37-13-14-6-8-16(9-7-14)30(34)35)10-17-23(31)28-25(33)29(24(17)32)20-5-3-2-4-18(20)26/h2-12H,13H2,1H3,(H,28,31,33)/b17-10-. The maximum absolute atomic E-state index is 14.3. The predicted octanol–water partition coefficient (Wildman–Crippen LogP) is 4.59. The zero-order valence-corrected chi connectivity index (χ0v) is 21.2. The molecule has 188 valence electrons. The van der Waals surface area contributed by atoms with Crippen molar-refractivity contribution in [2.45, 2.75) is 6.61 Å². The molecule has 12 heteroatoms. The van der Waals surface area contributed by atoms with Crippen LogP contribution in [0.3, 0.4) is 0 Å². The molecule has 1 fully saturated rings. The van der Waals surface area contributed by atoms with Crippen LogP contribution < -0.4 is 19.7 Å². The van der Waals surface area contributed by atoms with Crippen LogP contribution in [-0.4, -0.2) is 29.9 Å². The average molecular weight is 617 g/mol. The number of nitro groups is 1. The Bertz CT molecular complexity index is 1460. The first-order valence-electron chi connectivity index (χ1n) is 10.6. The quantitative estimate of drug-likeness (QED) is 0.135. The van der Waals surface area contributed by atoms with Crippen molar-refractivity contribution in [1.29, 1.82) is 0 Å². The van der Waals surface area contributed by atoms with Gasteiger partial charge in [0.1, 0.15) is 18.0 Å². The van der Waals surface area contributed by atoms with Crippen molar-refractivity contribution in [3.8, 4) is 11.5 Å².